The lowest BCUT2D eigenvalue weighted by atomic mass is 10.3. The van der Waals surface area contributed by atoms with E-state index >= 15 is 0 Å². The van der Waals surface area contributed by atoms with Crippen LogP contribution in [0.25, 0.3) is 0 Å². The summed E-state index contributed by atoms with van der Waals surface area (Å²) in [5, 5.41) is 0. The van der Waals surface area contributed by atoms with Gasteiger partial charge in [-0.2, -0.15) is 18.2 Å². The summed E-state index contributed by atoms with van der Waals surface area (Å²) >= 11 is 0. The van der Waals surface area contributed by atoms with Gasteiger partial charge in [-0.25, -0.2) is 4.98 Å². The van der Waals surface area contributed by atoms with Crippen LogP contribution in [0.3, 0.4) is 0 Å². The fraction of sp³-hybridized carbons (Fsp3) is 0.375. The smallest absolute Gasteiger partial charge is 0.399 e. The van der Waals surface area contributed by atoms with Gasteiger partial charge >= 0.3 is 6.18 Å². The number of halogens is 3. The van der Waals surface area contributed by atoms with Crippen molar-refractivity contribution in [1.29, 1.82) is 0 Å². The molecule has 0 atom stereocenters. The van der Waals surface area contributed by atoms with Crippen LogP contribution < -0.4 is 16.4 Å². The van der Waals surface area contributed by atoms with Gasteiger partial charge < -0.3 is 21.3 Å². The molecule has 1 aromatic heterocycles. The van der Waals surface area contributed by atoms with Gasteiger partial charge in [-0.05, 0) is 19.2 Å². The Bertz CT molecular complexity index is 669. The van der Waals surface area contributed by atoms with Gasteiger partial charge in [-0.15, -0.1) is 0 Å². The number of nitrogen functional groups attached to an aromatic ring is 2. The minimum atomic E-state index is -4.50. The Morgan fingerprint density at radius 3 is 2.04 bits per heavy atom. The maximum atomic E-state index is 12.6. The van der Waals surface area contributed by atoms with Crippen LogP contribution in [0, 0.1) is 0 Å². The van der Waals surface area contributed by atoms with E-state index in [1.807, 2.05) is 37.4 Å². The number of hydrogen-bond donors (Lipinski definition) is 2. The normalized spacial score (nSPS) is 15.4. The van der Waals surface area contributed by atoms with E-state index in [0.29, 0.717) is 13.1 Å². The highest BCUT2D eigenvalue weighted by atomic mass is 19.4. The van der Waals surface area contributed by atoms with E-state index in [0.717, 1.165) is 24.8 Å². The van der Waals surface area contributed by atoms with Gasteiger partial charge in [0.2, 0.25) is 5.95 Å². The van der Waals surface area contributed by atoms with Gasteiger partial charge in [0.15, 0.2) is 5.69 Å². The number of nitrogens with zero attached hydrogens (tertiary/aromatic N) is 4. The molecule has 0 spiro atoms. The molecule has 1 aliphatic rings. The number of piperazine rings is 1. The van der Waals surface area contributed by atoms with E-state index in [2.05, 4.69) is 14.9 Å². The molecule has 136 valence electrons. The fourth-order valence-electron chi connectivity index (χ4n) is 2.25. The first-order chi connectivity index (χ1) is 11.8. The molecule has 6 nitrogen and oxygen atoms in total. The first kappa shape index (κ1) is 18.8. The SMILES string of the molecule is CN1CCN(c2cc(C(F)(F)F)nc(N)n2)CC1.Nc1ccccc1. The van der Waals surface area contributed by atoms with E-state index in [9.17, 15) is 13.2 Å². The molecular formula is C16H21F3N6. The van der Waals surface area contributed by atoms with Crippen LogP contribution in [0.5, 0.6) is 0 Å². The first-order valence-electron chi connectivity index (χ1n) is 7.71. The highest BCUT2D eigenvalue weighted by molar-refractivity contribution is 5.44. The zero-order valence-electron chi connectivity index (χ0n) is 13.9. The molecule has 0 bridgehead atoms. The van der Waals surface area contributed by atoms with Gasteiger partial charge in [0, 0.05) is 37.9 Å². The summed E-state index contributed by atoms with van der Waals surface area (Å²) in [7, 11) is 1.97. The monoisotopic (exact) mass is 354 g/mol. The molecule has 0 radical (unpaired) electrons. The van der Waals surface area contributed by atoms with Crippen molar-refractivity contribution in [2.75, 3.05) is 49.6 Å². The second kappa shape index (κ2) is 8.02. The van der Waals surface area contributed by atoms with E-state index in [4.69, 9.17) is 11.5 Å². The molecule has 2 heterocycles. The Labute approximate surface area is 144 Å². The zero-order chi connectivity index (χ0) is 18.4. The van der Waals surface area contributed by atoms with Gasteiger partial charge in [0.05, 0.1) is 0 Å². The summed E-state index contributed by atoms with van der Waals surface area (Å²) < 4.78 is 37.8. The lowest BCUT2D eigenvalue weighted by Gasteiger charge is -2.33. The molecule has 3 rings (SSSR count). The Morgan fingerprint density at radius 1 is 0.960 bits per heavy atom. The molecule has 0 amide bonds. The molecule has 25 heavy (non-hydrogen) atoms. The van der Waals surface area contributed by atoms with Crippen molar-refractivity contribution in [3.63, 3.8) is 0 Å². The van der Waals surface area contributed by atoms with Crippen LogP contribution in [-0.4, -0.2) is 48.1 Å². The molecule has 4 N–H and O–H groups in total. The van der Waals surface area contributed by atoms with Gasteiger partial charge in [0.25, 0.3) is 0 Å². The summed E-state index contributed by atoms with van der Waals surface area (Å²) in [5.74, 6) is -0.110. The number of aromatic nitrogens is 2. The van der Waals surface area contributed by atoms with Crippen LogP contribution in [-0.2, 0) is 6.18 Å². The van der Waals surface area contributed by atoms with E-state index in [1.165, 1.54) is 0 Å². The number of rotatable bonds is 1. The second-order valence-electron chi connectivity index (χ2n) is 5.67. The fourth-order valence-corrected chi connectivity index (χ4v) is 2.25. The van der Waals surface area contributed by atoms with E-state index in [-0.39, 0.29) is 11.8 Å². The largest absolute Gasteiger partial charge is 0.433 e. The predicted octanol–water partition coefficient (Wildman–Crippen LogP) is 2.10. The number of nitrogens with two attached hydrogens (primary N) is 2. The molecule has 0 unspecified atom stereocenters. The molecule has 0 aliphatic carbocycles. The Morgan fingerprint density at radius 2 is 1.56 bits per heavy atom. The van der Waals surface area contributed by atoms with Crippen molar-refractivity contribution in [2.24, 2.45) is 0 Å². The third-order valence-electron chi connectivity index (χ3n) is 3.65. The first-order valence-corrected chi connectivity index (χ1v) is 7.71. The van der Waals surface area contributed by atoms with E-state index in [1.54, 1.807) is 4.90 Å². The van der Waals surface area contributed by atoms with Crippen molar-refractivity contribution in [3.05, 3.63) is 42.1 Å². The molecule has 1 aliphatic heterocycles. The maximum absolute atomic E-state index is 12.6. The standard InChI is InChI=1S/C10H14F3N5.C6H7N/c1-17-2-4-18(5-3-17)8-6-7(10(11,12)13)15-9(14)16-8;7-6-4-2-1-3-5-6/h6H,2-5H2,1H3,(H2,14,15,16);1-5H,7H2. The van der Waals surface area contributed by atoms with Crippen LogP contribution >= 0.6 is 0 Å². The molecule has 0 saturated carbocycles. The van der Waals surface area contributed by atoms with Crippen LogP contribution in [0.4, 0.5) is 30.6 Å². The average molecular weight is 354 g/mol. The van der Waals surface area contributed by atoms with Crippen LogP contribution in [0.2, 0.25) is 0 Å². The van der Waals surface area contributed by atoms with Crippen molar-refractivity contribution in [1.82, 2.24) is 14.9 Å². The highest BCUT2D eigenvalue weighted by Crippen LogP contribution is 2.30. The minimum Gasteiger partial charge on any atom is -0.399 e. The summed E-state index contributed by atoms with van der Waals surface area (Å²) in [4.78, 5) is 11.0. The summed E-state index contributed by atoms with van der Waals surface area (Å²) in [6.07, 6.45) is -4.50. The number of alkyl halides is 3. The van der Waals surface area contributed by atoms with E-state index < -0.39 is 11.9 Å². The number of likely N-dealkylation sites (N-methyl/N-ethyl adjacent to an activating group) is 1. The number of para-hydroxylation sites is 1. The minimum absolute atomic E-state index is 0.239. The van der Waals surface area contributed by atoms with Crippen LogP contribution in [0.1, 0.15) is 5.69 Å². The molecule has 1 fully saturated rings. The van der Waals surface area contributed by atoms with Crippen molar-refractivity contribution in [3.8, 4) is 0 Å². The highest BCUT2D eigenvalue weighted by Gasteiger charge is 2.34. The van der Waals surface area contributed by atoms with Gasteiger partial charge in [-0.1, -0.05) is 18.2 Å². The molecule has 1 aromatic carbocycles. The van der Waals surface area contributed by atoms with Gasteiger partial charge in [0.1, 0.15) is 5.82 Å². The predicted molar refractivity (Wildman–Crippen MR) is 92.0 cm³/mol. The number of anilines is 3. The van der Waals surface area contributed by atoms with Gasteiger partial charge in [-0.3, -0.25) is 0 Å². The number of benzene rings is 1. The molecule has 9 heteroatoms. The summed E-state index contributed by atoms with van der Waals surface area (Å²) in [6.45, 7) is 2.82. The lowest BCUT2D eigenvalue weighted by molar-refractivity contribution is -0.141. The third kappa shape index (κ3) is 5.79. The maximum Gasteiger partial charge on any atom is 0.433 e. The summed E-state index contributed by atoms with van der Waals surface area (Å²) in [5.41, 5.74) is 10.5. The number of hydrogen-bond acceptors (Lipinski definition) is 6. The zero-order valence-corrected chi connectivity index (χ0v) is 13.9. The molecule has 1 saturated heterocycles. The topological polar surface area (TPSA) is 84.3 Å². The molecular weight excluding hydrogens is 333 g/mol. The lowest BCUT2D eigenvalue weighted by Crippen LogP contribution is -2.45. The Balaban J connectivity index is 0.000000269. The quantitative estimate of drug-likeness (QED) is 0.763. The van der Waals surface area contributed by atoms with Crippen molar-refractivity contribution >= 4 is 17.5 Å². The Kier molecular flexibility index (Phi) is 6.02. The van der Waals surface area contributed by atoms with Crippen molar-refractivity contribution < 1.29 is 13.2 Å². The third-order valence-corrected chi connectivity index (χ3v) is 3.65. The molecule has 2 aromatic rings. The Hall–Kier alpha value is -2.55. The summed E-state index contributed by atoms with van der Waals surface area (Å²) in [6, 6.07) is 10.4. The van der Waals surface area contributed by atoms with Crippen LogP contribution in [0.15, 0.2) is 36.4 Å². The van der Waals surface area contributed by atoms with Crippen molar-refractivity contribution in [2.45, 2.75) is 6.18 Å². The average Bonchev–Trinajstić information content (AvgIpc) is 2.55. The second-order valence-corrected chi connectivity index (χ2v) is 5.67.